The highest BCUT2D eigenvalue weighted by atomic mass is 16.3. The Morgan fingerprint density at radius 3 is 2.95 bits per heavy atom. The van der Waals surface area contributed by atoms with Crippen molar-refractivity contribution in [3.63, 3.8) is 0 Å². The average molecular weight is 305 g/mol. The molecule has 0 aliphatic carbocycles. The molecule has 5 nitrogen and oxygen atoms in total. The van der Waals surface area contributed by atoms with Gasteiger partial charge >= 0.3 is 6.03 Å². The molecule has 0 aromatic heterocycles. The Hall–Kier alpha value is -1.75. The predicted molar refractivity (Wildman–Crippen MR) is 89.2 cm³/mol. The van der Waals surface area contributed by atoms with Gasteiger partial charge in [0.25, 0.3) is 0 Å². The van der Waals surface area contributed by atoms with Gasteiger partial charge in [0.05, 0.1) is 0 Å². The summed E-state index contributed by atoms with van der Waals surface area (Å²) in [5.74, 6) is 0.241. The molecular weight excluding hydrogens is 278 g/mol. The van der Waals surface area contributed by atoms with Crippen molar-refractivity contribution in [3.05, 3.63) is 29.8 Å². The number of nitrogens with one attached hydrogen (secondary N) is 1. The Balaban J connectivity index is 1.78. The Labute approximate surface area is 132 Å². The Bertz CT molecular complexity index is 493. The molecule has 1 heterocycles. The fraction of sp³-hybridized carbons (Fsp3) is 0.588. The van der Waals surface area contributed by atoms with Crippen LogP contribution >= 0.6 is 0 Å². The van der Waals surface area contributed by atoms with E-state index in [2.05, 4.69) is 48.3 Å². The lowest BCUT2D eigenvalue weighted by Gasteiger charge is -2.24. The maximum absolute atomic E-state index is 12.1. The fourth-order valence-electron chi connectivity index (χ4n) is 2.87. The number of benzene rings is 1. The predicted octanol–water partition coefficient (Wildman–Crippen LogP) is 1.85. The Morgan fingerprint density at radius 2 is 2.32 bits per heavy atom. The number of amides is 2. The van der Waals surface area contributed by atoms with Crippen LogP contribution in [0.15, 0.2) is 24.3 Å². The van der Waals surface area contributed by atoms with Gasteiger partial charge in [0, 0.05) is 50.9 Å². The first-order valence-electron chi connectivity index (χ1n) is 8.09. The molecule has 2 rings (SSSR count). The van der Waals surface area contributed by atoms with Gasteiger partial charge in [0.2, 0.25) is 0 Å². The minimum Gasteiger partial charge on any atom is -0.396 e. The summed E-state index contributed by atoms with van der Waals surface area (Å²) >= 11 is 0. The molecule has 1 fully saturated rings. The molecule has 1 atom stereocenters. The summed E-state index contributed by atoms with van der Waals surface area (Å²) in [4.78, 5) is 16.1. The van der Waals surface area contributed by atoms with Gasteiger partial charge in [0.15, 0.2) is 0 Å². The quantitative estimate of drug-likeness (QED) is 0.843. The van der Waals surface area contributed by atoms with Crippen molar-refractivity contribution in [3.8, 4) is 0 Å². The number of anilines is 1. The summed E-state index contributed by atoms with van der Waals surface area (Å²) in [5.41, 5.74) is 2.44. The molecule has 0 saturated carbocycles. The van der Waals surface area contributed by atoms with E-state index in [-0.39, 0.29) is 18.6 Å². The molecule has 1 aliphatic heterocycles. The molecule has 5 heteroatoms. The van der Waals surface area contributed by atoms with Crippen molar-refractivity contribution >= 4 is 11.7 Å². The van der Waals surface area contributed by atoms with Gasteiger partial charge < -0.3 is 20.2 Å². The molecule has 0 spiro atoms. The fourth-order valence-corrected chi connectivity index (χ4v) is 2.87. The number of carbonyl (C=O) groups excluding carboxylic acids is 1. The number of hydrogen-bond donors (Lipinski definition) is 2. The van der Waals surface area contributed by atoms with Gasteiger partial charge in [-0.05, 0) is 38.0 Å². The van der Waals surface area contributed by atoms with Crippen LogP contribution in [-0.2, 0) is 0 Å². The molecular formula is C17H27N3O2. The highest BCUT2D eigenvalue weighted by Crippen LogP contribution is 2.16. The van der Waals surface area contributed by atoms with E-state index in [0.717, 1.165) is 26.1 Å². The molecule has 0 radical (unpaired) electrons. The monoisotopic (exact) mass is 305 g/mol. The molecule has 122 valence electrons. The summed E-state index contributed by atoms with van der Waals surface area (Å²) in [6.07, 6.45) is 0.897. The van der Waals surface area contributed by atoms with E-state index in [0.29, 0.717) is 13.1 Å². The van der Waals surface area contributed by atoms with E-state index in [1.165, 1.54) is 11.3 Å². The van der Waals surface area contributed by atoms with E-state index in [4.69, 9.17) is 5.11 Å². The van der Waals surface area contributed by atoms with Crippen LogP contribution in [0.1, 0.15) is 18.9 Å². The van der Waals surface area contributed by atoms with Crippen LogP contribution in [0.5, 0.6) is 0 Å². The van der Waals surface area contributed by atoms with Crippen molar-refractivity contribution in [2.45, 2.75) is 20.3 Å². The standard InChI is InChI=1S/C17H27N3O2/c1-3-19(16-6-4-5-14(2)11-16)10-8-18-17(22)20-9-7-15(12-20)13-21/h4-6,11,15,21H,3,7-10,12-13H2,1-2H3,(H,18,22). The largest absolute Gasteiger partial charge is 0.396 e. The SMILES string of the molecule is CCN(CCNC(=O)N1CCC(CO)C1)c1cccc(C)c1. The van der Waals surface area contributed by atoms with Crippen molar-refractivity contribution in [2.24, 2.45) is 5.92 Å². The number of carbonyl (C=O) groups is 1. The van der Waals surface area contributed by atoms with E-state index in [9.17, 15) is 4.79 Å². The molecule has 22 heavy (non-hydrogen) atoms. The lowest BCUT2D eigenvalue weighted by molar-refractivity contribution is 0.198. The molecule has 1 saturated heterocycles. The average Bonchev–Trinajstić information content (AvgIpc) is 3.00. The maximum Gasteiger partial charge on any atom is 0.317 e. The zero-order valence-corrected chi connectivity index (χ0v) is 13.6. The number of aliphatic hydroxyl groups is 1. The van der Waals surface area contributed by atoms with Gasteiger partial charge in [-0.2, -0.15) is 0 Å². The number of hydrogen-bond acceptors (Lipinski definition) is 3. The number of nitrogens with zero attached hydrogens (tertiary/aromatic N) is 2. The molecule has 2 amide bonds. The van der Waals surface area contributed by atoms with Crippen LogP contribution in [-0.4, -0.2) is 55.4 Å². The van der Waals surface area contributed by atoms with Gasteiger partial charge in [-0.25, -0.2) is 4.79 Å². The smallest absolute Gasteiger partial charge is 0.317 e. The van der Waals surface area contributed by atoms with E-state index in [1.807, 2.05) is 0 Å². The molecule has 1 aliphatic rings. The second-order valence-electron chi connectivity index (χ2n) is 5.93. The number of aryl methyl sites for hydroxylation is 1. The molecule has 1 unspecified atom stereocenters. The highest BCUT2D eigenvalue weighted by Gasteiger charge is 2.25. The molecule has 0 bridgehead atoms. The summed E-state index contributed by atoms with van der Waals surface area (Å²) in [5, 5.41) is 12.1. The number of likely N-dealkylation sites (tertiary alicyclic amines) is 1. The summed E-state index contributed by atoms with van der Waals surface area (Å²) < 4.78 is 0. The van der Waals surface area contributed by atoms with Crippen molar-refractivity contribution in [1.82, 2.24) is 10.2 Å². The van der Waals surface area contributed by atoms with Crippen molar-refractivity contribution in [2.75, 3.05) is 44.2 Å². The third-order valence-corrected chi connectivity index (χ3v) is 4.24. The first-order chi connectivity index (χ1) is 10.6. The van der Waals surface area contributed by atoms with Crippen LogP contribution in [0.3, 0.4) is 0 Å². The third-order valence-electron chi connectivity index (χ3n) is 4.24. The maximum atomic E-state index is 12.1. The third kappa shape index (κ3) is 4.37. The lowest BCUT2D eigenvalue weighted by atomic mass is 10.1. The summed E-state index contributed by atoms with van der Waals surface area (Å²) in [7, 11) is 0. The van der Waals surface area contributed by atoms with Gasteiger partial charge in [-0.15, -0.1) is 0 Å². The summed E-state index contributed by atoms with van der Waals surface area (Å²) in [6.45, 7) is 8.12. The zero-order valence-electron chi connectivity index (χ0n) is 13.6. The first-order valence-corrected chi connectivity index (χ1v) is 8.09. The summed E-state index contributed by atoms with van der Waals surface area (Å²) in [6, 6.07) is 8.40. The zero-order chi connectivity index (χ0) is 15.9. The van der Waals surface area contributed by atoms with Crippen LogP contribution in [0.2, 0.25) is 0 Å². The van der Waals surface area contributed by atoms with Crippen molar-refractivity contribution in [1.29, 1.82) is 0 Å². The van der Waals surface area contributed by atoms with E-state index < -0.39 is 0 Å². The van der Waals surface area contributed by atoms with Gasteiger partial charge in [-0.1, -0.05) is 12.1 Å². The second kappa shape index (κ2) is 8.03. The number of likely N-dealkylation sites (N-methyl/N-ethyl adjacent to an activating group) is 1. The van der Waals surface area contributed by atoms with E-state index >= 15 is 0 Å². The minimum absolute atomic E-state index is 0.0174. The van der Waals surface area contributed by atoms with Crippen LogP contribution in [0, 0.1) is 12.8 Å². The van der Waals surface area contributed by atoms with Crippen LogP contribution in [0.4, 0.5) is 10.5 Å². The molecule has 2 N–H and O–H groups in total. The highest BCUT2D eigenvalue weighted by molar-refractivity contribution is 5.74. The normalized spacial score (nSPS) is 17.6. The van der Waals surface area contributed by atoms with Gasteiger partial charge in [-0.3, -0.25) is 0 Å². The van der Waals surface area contributed by atoms with Gasteiger partial charge in [0.1, 0.15) is 0 Å². The minimum atomic E-state index is -0.0174. The molecule has 1 aromatic carbocycles. The number of rotatable bonds is 6. The van der Waals surface area contributed by atoms with Crippen LogP contribution < -0.4 is 10.2 Å². The number of urea groups is 1. The topological polar surface area (TPSA) is 55.8 Å². The van der Waals surface area contributed by atoms with Crippen LogP contribution in [0.25, 0.3) is 0 Å². The van der Waals surface area contributed by atoms with Crippen molar-refractivity contribution < 1.29 is 9.90 Å². The second-order valence-corrected chi connectivity index (χ2v) is 5.93. The van der Waals surface area contributed by atoms with E-state index in [1.54, 1.807) is 4.90 Å². The molecule has 1 aromatic rings. The Morgan fingerprint density at radius 1 is 1.50 bits per heavy atom. The number of aliphatic hydroxyl groups excluding tert-OH is 1. The Kier molecular flexibility index (Phi) is 6.07. The lowest BCUT2D eigenvalue weighted by Crippen LogP contribution is -2.42. The first kappa shape index (κ1) is 16.6.